The van der Waals surface area contributed by atoms with Crippen molar-refractivity contribution < 1.29 is 14.3 Å². The van der Waals surface area contributed by atoms with Crippen LogP contribution < -0.4 is 15.5 Å². The first-order valence-electron chi connectivity index (χ1n) is 7.19. The van der Waals surface area contributed by atoms with Crippen molar-refractivity contribution in [1.82, 2.24) is 10.7 Å². The summed E-state index contributed by atoms with van der Waals surface area (Å²) in [5.74, 6) is -0.248. The van der Waals surface area contributed by atoms with Gasteiger partial charge >= 0.3 is 0 Å². The molecule has 0 aliphatic rings. The quantitative estimate of drug-likeness (QED) is 0.553. The van der Waals surface area contributed by atoms with E-state index in [0.29, 0.717) is 26.4 Å². The molecule has 6 nitrogen and oxygen atoms in total. The SMILES string of the molecule is COc1ccc(/C=N/NC(=O)CNC(=O)c2ccccc2Br)cc1Cl. The summed E-state index contributed by atoms with van der Waals surface area (Å²) in [7, 11) is 1.53. The summed E-state index contributed by atoms with van der Waals surface area (Å²) in [6.45, 7) is -0.194. The summed E-state index contributed by atoms with van der Waals surface area (Å²) in [6.07, 6.45) is 1.44. The van der Waals surface area contributed by atoms with Crippen LogP contribution >= 0.6 is 27.5 Å². The third-order valence-corrected chi connectivity index (χ3v) is 4.09. The lowest BCUT2D eigenvalue weighted by Crippen LogP contribution is -2.35. The Morgan fingerprint density at radius 2 is 2.04 bits per heavy atom. The van der Waals surface area contributed by atoms with E-state index >= 15 is 0 Å². The number of carbonyl (C=O) groups excluding carboxylic acids is 2. The number of amides is 2. The molecule has 2 amide bonds. The zero-order valence-corrected chi connectivity index (χ0v) is 15.6. The van der Waals surface area contributed by atoms with Gasteiger partial charge in [0.25, 0.3) is 11.8 Å². The monoisotopic (exact) mass is 423 g/mol. The minimum Gasteiger partial charge on any atom is -0.495 e. The van der Waals surface area contributed by atoms with Crippen LogP contribution in [0.1, 0.15) is 15.9 Å². The maximum Gasteiger partial charge on any atom is 0.259 e. The number of nitrogens with one attached hydrogen (secondary N) is 2. The Morgan fingerprint density at radius 1 is 1.28 bits per heavy atom. The van der Waals surface area contributed by atoms with E-state index < -0.39 is 5.91 Å². The maximum absolute atomic E-state index is 12.0. The van der Waals surface area contributed by atoms with Crippen LogP contribution in [0.4, 0.5) is 0 Å². The number of benzene rings is 2. The summed E-state index contributed by atoms with van der Waals surface area (Å²) in [5, 5.41) is 6.78. The number of hydrazone groups is 1. The third kappa shape index (κ3) is 5.58. The Kier molecular flexibility index (Phi) is 6.97. The van der Waals surface area contributed by atoms with E-state index in [-0.39, 0.29) is 12.5 Å². The maximum atomic E-state index is 12.0. The highest BCUT2D eigenvalue weighted by molar-refractivity contribution is 9.10. The first-order valence-corrected chi connectivity index (χ1v) is 8.36. The molecule has 0 fully saturated rings. The van der Waals surface area contributed by atoms with Crippen molar-refractivity contribution >= 4 is 45.6 Å². The van der Waals surface area contributed by atoms with Crippen LogP contribution in [0.5, 0.6) is 5.75 Å². The minimum absolute atomic E-state index is 0.194. The van der Waals surface area contributed by atoms with Gasteiger partial charge in [-0.15, -0.1) is 0 Å². The predicted octanol–water partition coefficient (Wildman–Crippen LogP) is 2.99. The van der Waals surface area contributed by atoms with E-state index in [1.54, 1.807) is 42.5 Å². The molecule has 2 rings (SSSR count). The Morgan fingerprint density at radius 3 is 2.72 bits per heavy atom. The molecule has 0 saturated heterocycles. The Labute approximate surface area is 158 Å². The van der Waals surface area contributed by atoms with Crippen LogP contribution in [-0.2, 0) is 4.79 Å². The fraction of sp³-hybridized carbons (Fsp3) is 0.118. The number of methoxy groups -OCH3 is 1. The molecule has 0 radical (unpaired) electrons. The van der Waals surface area contributed by atoms with Crippen LogP contribution in [0.25, 0.3) is 0 Å². The molecule has 2 aromatic carbocycles. The molecule has 0 atom stereocenters. The number of nitrogens with zero attached hydrogens (tertiary/aromatic N) is 1. The molecule has 25 heavy (non-hydrogen) atoms. The van der Waals surface area contributed by atoms with Crippen molar-refractivity contribution in [2.75, 3.05) is 13.7 Å². The lowest BCUT2D eigenvalue weighted by Gasteiger charge is -2.06. The number of carbonyl (C=O) groups is 2. The summed E-state index contributed by atoms with van der Waals surface area (Å²) in [5.41, 5.74) is 3.48. The highest BCUT2D eigenvalue weighted by Crippen LogP contribution is 2.24. The second-order valence-electron chi connectivity index (χ2n) is 4.85. The molecular formula is C17H15BrClN3O3. The zero-order valence-electron chi connectivity index (χ0n) is 13.3. The van der Waals surface area contributed by atoms with Crippen molar-refractivity contribution in [2.24, 2.45) is 5.10 Å². The average Bonchev–Trinajstić information content (AvgIpc) is 2.60. The molecule has 0 bridgehead atoms. The molecule has 0 aliphatic heterocycles. The number of ether oxygens (including phenoxy) is 1. The van der Waals surface area contributed by atoms with Gasteiger partial charge in [-0.25, -0.2) is 5.43 Å². The van der Waals surface area contributed by atoms with Gasteiger partial charge in [-0.3, -0.25) is 9.59 Å². The Balaban J connectivity index is 1.83. The van der Waals surface area contributed by atoms with Gasteiger partial charge in [0.05, 0.1) is 30.5 Å². The van der Waals surface area contributed by atoms with Crippen LogP contribution in [0.3, 0.4) is 0 Å². The van der Waals surface area contributed by atoms with Crippen molar-refractivity contribution in [1.29, 1.82) is 0 Å². The van der Waals surface area contributed by atoms with Crippen LogP contribution in [0, 0.1) is 0 Å². The Bertz CT molecular complexity index is 811. The molecule has 0 aliphatic carbocycles. The molecule has 0 heterocycles. The van der Waals surface area contributed by atoms with E-state index in [9.17, 15) is 9.59 Å². The summed E-state index contributed by atoms with van der Waals surface area (Å²) in [6, 6.07) is 12.0. The molecule has 0 aromatic heterocycles. The van der Waals surface area contributed by atoms with Crippen molar-refractivity contribution in [3.63, 3.8) is 0 Å². The van der Waals surface area contributed by atoms with E-state index in [4.69, 9.17) is 16.3 Å². The van der Waals surface area contributed by atoms with Gasteiger partial charge in [-0.2, -0.15) is 5.10 Å². The van der Waals surface area contributed by atoms with Crippen molar-refractivity contribution in [3.8, 4) is 5.75 Å². The normalized spacial score (nSPS) is 10.5. The van der Waals surface area contributed by atoms with Gasteiger partial charge in [0.15, 0.2) is 0 Å². The largest absolute Gasteiger partial charge is 0.495 e. The predicted molar refractivity (Wildman–Crippen MR) is 100 cm³/mol. The number of rotatable bonds is 6. The number of hydrogen-bond donors (Lipinski definition) is 2. The van der Waals surface area contributed by atoms with Crippen LogP contribution in [0.2, 0.25) is 5.02 Å². The first-order chi connectivity index (χ1) is 12.0. The summed E-state index contributed by atoms with van der Waals surface area (Å²) in [4.78, 5) is 23.7. The van der Waals surface area contributed by atoms with Gasteiger partial charge in [0.2, 0.25) is 0 Å². The zero-order chi connectivity index (χ0) is 18.2. The molecule has 130 valence electrons. The fourth-order valence-electron chi connectivity index (χ4n) is 1.88. The second-order valence-corrected chi connectivity index (χ2v) is 6.11. The standard InChI is InChI=1S/C17H15BrClN3O3/c1-25-15-7-6-11(8-14(15)19)9-21-22-16(23)10-20-17(24)12-4-2-3-5-13(12)18/h2-9H,10H2,1H3,(H,20,24)(H,22,23)/b21-9+. The van der Waals surface area contributed by atoms with Gasteiger partial charge in [0, 0.05) is 4.47 Å². The van der Waals surface area contributed by atoms with Crippen LogP contribution in [-0.4, -0.2) is 31.7 Å². The second kappa shape index (κ2) is 9.19. The van der Waals surface area contributed by atoms with Gasteiger partial charge < -0.3 is 10.1 Å². The van der Waals surface area contributed by atoms with Gasteiger partial charge in [-0.05, 0) is 51.8 Å². The van der Waals surface area contributed by atoms with Gasteiger partial charge in [-0.1, -0.05) is 23.7 Å². The third-order valence-electron chi connectivity index (χ3n) is 3.11. The average molecular weight is 425 g/mol. The smallest absolute Gasteiger partial charge is 0.259 e. The molecule has 2 N–H and O–H groups in total. The van der Waals surface area contributed by atoms with E-state index in [2.05, 4.69) is 31.8 Å². The lowest BCUT2D eigenvalue weighted by atomic mass is 10.2. The highest BCUT2D eigenvalue weighted by atomic mass is 79.9. The van der Waals surface area contributed by atoms with Crippen molar-refractivity contribution in [2.45, 2.75) is 0 Å². The molecule has 0 unspecified atom stereocenters. The van der Waals surface area contributed by atoms with Crippen LogP contribution in [0.15, 0.2) is 52.0 Å². The number of halogens is 2. The van der Waals surface area contributed by atoms with Crippen molar-refractivity contribution in [3.05, 3.63) is 63.1 Å². The number of hydrogen-bond acceptors (Lipinski definition) is 4. The summed E-state index contributed by atoms with van der Waals surface area (Å²) >= 11 is 9.28. The van der Waals surface area contributed by atoms with E-state index in [1.165, 1.54) is 13.3 Å². The fourth-order valence-corrected chi connectivity index (χ4v) is 2.61. The minimum atomic E-state index is -0.448. The molecule has 0 spiro atoms. The highest BCUT2D eigenvalue weighted by Gasteiger charge is 2.10. The first kappa shape index (κ1) is 19.0. The van der Waals surface area contributed by atoms with E-state index in [0.717, 1.165) is 0 Å². The molecule has 8 heteroatoms. The lowest BCUT2D eigenvalue weighted by molar-refractivity contribution is -0.120. The topological polar surface area (TPSA) is 79.8 Å². The van der Waals surface area contributed by atoms with E-state index in [1.807, 2.05) is 0 Å². The van der Waals surface area contributed by atoms with Gasteiger partial charge in [0.1, 0.15) is 5.75 Å². The molecular weight excluding hydrogens is 410 g/mol. The summed E-state index contributed by atoms with van der Waals surface area (Å²) < 4.78 is 5.71. The Hall–Kier alpha value is -2.38. The molecule has 0 saturated carbocycles. The molecule has 2 aromatic rings.